The molecule has 3 rings (SSSR count). The van der Waals surface area contributed by atoms with Crippen LogP contribution in [0.15, 0.2) is 48.6 Å². The first-order chi connectivity index (χ1) is 22.4. The Labute approximate surface area is 277 Å². The molecule has 1 saturated carbocycles. The Balaban J connectivity index is 1.66. The van der Waals surface area contributed by atoms with Gasteiger partial charge in [0.25, 0.3) is 0 Å². The highest BCUT2D eigenvalue weighted by atomic mass is 35.5. The van der Waals surface area contributed by atoms with Gasteiger partial charge < -0.3 is 33.2 Å². The Morgan fingerprint density at radius 3 is 1.65 bits per heavy atom. The van der Waals surface area contributed by atoms with E-state index in [0.717, 1.165) is 62.7 Å². The van der Waals surface area contributed by atoms with E-state index in [1.54, 1.807) is 26.4 Å². The molecule has 0 aromatic heterocycles. The average Bonchev–Trinajstić information content (AvgIpc) is 3.09. The number of benzene rings is 2. The van der Waals surface area contributed by atoms with Gasteiger partial charge in [-0.05, 0) is 91.5 Å². The molecule has 10 heteroatoms. The van der Waals surface area contributed by atoms with Crippen LogP contribution in [-0.4, -0.2) is 72.2 Å². The van der Waals surface area contributed by atoms with Crippen LogP contribution in [0.5, 0.6) is 23.0 Å². The van der Waals surface area contributed by atoms with Crippen molar-refractivity contribution in [3.05, 3.63) is 59.7 Å². The summed E-state index contributed by atoms with van der Waals surface area (Å²) in [4.78, 5) is 23.0. The fourth-order valence-electron chi connectivity index (χ4n) is 5.41. The first kappa shape index (κ1) is 36.8. The molecule has 0 heterocycles. The molecule has 46 heavy (non-hydrogen) atoms. The molecule has 1 fully saturated rings. The number of ether oxygens (including phenoxy) is 7. The number of rotatable bonds is 19. The monoisotopic (exact) mass is 658 g/mol. The first-order valence-corrected chi connectivity index (χ1v) is 16.2. The predicted octanol–water partition coefficient (Wildman–Crippen LogP) is 7.13. The molecule has 1 aliphatic carbocycles. The summed E-state index contributed by atoms with van der Waals surface area (Å²) in [5.41, 5.74) is 1.60. The highest BCUT2D eigenvalue weighted by Gasteiger charge is 2.31. The molecule has 2 aromatic carbocycles. The molecule has 0 spiro atoms. The predicted molar refractivity (Wildman–Crippen MR) is 179 cm³/mol. The van der Waals surface area contributed by atoms with E-state index in [4.69, 9.17) is 35.3 Å². The summed E-state index contributed by atoms with van der Waals surface area (Å²) >= 11 is 5.82. The lowest BCUT2D eigenvalue weighted by Gasteiger charge is -2.35. The van der Waals surface area contributed by atoms with Crippen LogP contribution in [0.3, 0.4) is 0 Å². The zero-order valence-corrected chi connectivity index (χ0v) is 28.1. The van der Waals surface area contributed by atoms with E-state index in [9.17, 15) is 9.59 Å². The summed E-state index contributed by atoms with van der Waals surface area (Å²) < 4.78 is 39.4. The lowest BCUT2D eigenvalue weighted by atomic mass is 9.80. The topological polar surface area (TPSA) is 98.8 Å². The Kier molecular flexibility index (Phi) is 16.3. The first-order valence-electron chi connectivity index (χ1n) is 15.7. The van der Waals surface area contributed by atoms with Crippen molar-refractivity contribution in [2.45, 2.75) is 51.0 Å². The summed E-state index contributed by atoms with van der Waals surface area (Å²) in [6.07, 6.45) is 13.1. The van der Waals surface area contributed by atoms with Gasteiger partial charge in [-0.25, -0.2) is 9.59 Å². The lowest BCUT2D eigenvalue weighted by Crippen LogP contribution is -2.34. The highest BCUT2D eigenvalue weighted by Crippen LogP contribution is 2.36. The Hall–Kier alpha value is -3.69. The van der Waals surface area contributed by atoms with E-state index in [1.165, 1.54) is 26.4 Å². The van der Waals surface area contributed by atoms with Crippen LogP contribution < -0.4 is 18.9 Å². The number of halogens is 1. The third-order valence-corrected chi connectivity index (χ3v) is 8.06. The summed E-state index contributed by atoms with van der Waals surface area (Å²) in [7, 11) is 5.87. The minimum Gasteiger partial charge on any atom is -0.493 e. The zero-order chi connectivity index (χ0) is 33.1. The summed E-state index contributed by atoms with van der Waals surface area (Å²) in [6, 6.07) is 11.1. The maximum atomic E-state index is 11.5. The quantitative estimate of drug-likeness (QED) is 0.0675. The molecule has 9 nitrogen and oxygen atoms in total. The van der Waals surface area contributed by atoms with E-state index < -0.39 is 11.9 Å². The summed E-state index contributed by atoms with van der Waals surface area (Å²) in [5, 5.41) is 0. The van der Waals surface area contributed by atoms with Gasteiger partial charge in [0.05, 0.1) is 47.8 Å². The van der Waals surface area contributed by atoms with Crippen molar-refractivity contribution in [2.24, 2.45) is 11.8 Å². The number of alkyl halides is 1. The van der Waals surface area contributed by atoms with Crippen molar-refractivity contribution in [3.63, 3.8) is 0 Å². The largest absolute Gasteiger partial charge is 0.493 e. The van der Waals surface area contributed by atoms with Gasteiger partial charge >= 0.3 is 11.9 Å². The molecule has 0 amide bonds. The van der Waals surface area contributed by atoms with Gasteiger partial charge in [-0.2, -0.15) is 0 Å². The third-order valence-electron chi connectivity index (χ3n) is 7.79. The average molecular weight is 659 g/mol. The second-order valence-corrected chi connectivity index (χ2v) is 11.6. The van der Waals surface area contributed by atoms with Crippen molar-refractivity contribution in [3.8, 4) is 23.0 Å². The summed E-state index contributed by atoms with van der Waals surface area (Å²) in [6.45, 7) is 1.73. The second-order valence-electron chi connectivity index (χ2n) is 11.2. The molecule has 0 N–H and O–H groups in total. The molecule has 1 aliphatic rings. The maximum Gasteiger partial charge on any atom is 0.330 e. The number of hydrogen-bond acceptors (Lipinski definition) is 9. The van der Waals surface area contributed by atoms with Gasteiger partial charge in [-0.15, -0.1) is 11.6 Å². The van der Waals surface area contributed by atoms with Crippen LogP contribution in [0.1, 0.15) is 56.1 Å². The smallest absolute Gasteiger partial charge is 0.330 e. The van der Waals surface area contributed by atoms with Crippen molar-refractivity contribution in [1.82, 2.24) is 0 Å². The normalized spacial score (nSPS) is 18.0. The SMILES string of the molecule is COC(=O)/C=C/c1ccc(OC[C@@H]2CC(OCCCCCCCl)C[C@H](COc3ccc(/C=C/C(=O)OC)cc3OC)C2)c(OC)c1. The molecular formula is C36H47ClO9. The fraction of sp³-hybridized carbons (Fsp3) is 0.500. The number of methoxy groups -OCH3 is 4. The Bertz CT molecular complexity index is 1200. The lowest BCUT2D eigenvalue weighted by molar-refractivity contribution is -0.135. The standard InChI is InChI=1S/C36H47ClO9/c1-40-33-22-26(11-15-35(38)42-3)9-13-31(33)45-24-28-19-29(21-30(20-28)44-18-8-6-5-7-17-37)25-46-32-14-10-27(23-34(32)41-2)12-16-36(39)43-4/h9-16,22-23,28-30H,5-8,17-21,24-25H2,1-4H3/b15-11+,16-12+/t28-,29+,30?. The zero-order valence-electron chi connectivity index (χ0n) is 27.3. The molecule has 0 saturated heterocycles. The van der Waals surface area contributed by atoms with Crippen LogP contribution in [-0.2, 0) is 23.8 Å². The molecule has 0 radical (unpaired) electrons. The molecule has 252 valence electrons. The van der Waals surface area contributed by atoms with E-state index in [1.807, 2.05) is 36.4 Å². The van der Waals surface area contributed by atoms with Crippen molar-refractivity contribution in [2.75, 3.05) is 54.1 Å². The van der Waals surface area contributed by atoms with Crippen molar-refractivity contribution < 1.29 is 42.7 Å². The number of carbonyl (C=O) groups excluding carboxylic acids is 2. The van der Waals surface area contributed by atoms with Crippen molar-refractivity contribution >= 4 is 35.7 Å². The Morgan fingerprint density at radius 2 is 1.20 bits per heavy atom. The molecule has 1 unspecified atom stereocenters. The second kappa shape index (κ2) is 20.4. The van der Waals surface area contributed by atoms with Crippen LogP contribution in [0.4, 0.5) is 0 Å². The van der Waals surface area contributed by atoms with Crippen LogP contribution in [0.2, 0.25) is 0 Å². The van der Waals surface area contributed by atoms with Gasteiger partial charge in [-0.1, -0.05) is 25.0 Å². The molecule has 2 aromatic rings. The Morgan fingerprint density at radius 1 is 0.696 bits per heavy atom. The maximum absolute atomic E-state index is 11.5. The minimum atomic E-state index is -0.426. The number of unbranched alkanes of at least 4 members (excludes halogenated alkanes) is 3. The molecular weight excluding hydrogens is 612 g/mol. The van der Waals surface area contributed by atoms with E-state index in [-0.39, 0.29) is 17.9 Å². The molecule has 3 atom stereocenters. The number of esters is 2. The van der Waals surface area contributed by atoms with Gasteiger partial charge in [0.1, 0.15) is 0 Å². The van der Waals surface area contributed by atoms with Crippen LogP contribution in [0, 0.1) is 11.8 Å². The van der Waals surface area contributed by atoms with Gasteiger partial charge in [0.15, 0.2) is 23.0 Å². The van der Waals surface area contributed by atoms with Gasteiger partial charge in [0, 0.05) is 24.6 Å². The fourth-order valence-corrected chi connectivity index (χ4v) is 5.60. The van der Waals surface area contributed by atoms with E-state index in [0.29, 0.717) is 42.1 Å². The van der Waals surface area contributed by atoms with E-state index >= 15 is 0 Å². The third kappa shape index (κ3) is 12.6. The highest BCUT2D eigenvalue weighted by molar-refractivity contribution is 6.17. The van der Waals surface area contributed by atoms with E-state index in [2.05, 4.69) is 9.47 Å². The van der Waals surface area contributed by atoms with Gasteiger partial charge in [-0.3, -0.25) is 0 Å². The number of carbonyl (C=O) groups is 2. The van der Waals surface area contributed by atoms with Crippen LogP contribution >= 0.6 is 11.6 Å². The number of hydrogen-bond donors (Lipinski definition) is 0. The summed E-state index contributed by atoms with van der Waals surface area (Å²) in [5.74, 6) is 2.80. The molecule has 0 bridgehead atoms. The van der Waals surface area contributed by atoms with Crippen molar-refractivity contribution in [1.29, 1.82) is 0 Å². The molecule has 0 aliphatic heterocycles. The van der Waals surface area contributed by atoms with Crippen LogP contribution in [0.25, 0.3) is 12.2 Å². The van der Waals surface area contributed by atoms with Gasteiger partial charge in [0.2, 0.25) is 0 Å². The minimum absolute atomic E-state index is 0.101.